The molecule has 0 fully saturated rings. The van der Waals surface area contributed by atoms with Gasteiger partial charge in [-0.05, 0) is 25.7 Å². The number of esters is 3. The van der Waals surface area contributed by atoms with Gasteiger partial charge in [-0.15, -0.1) is 0 Å². The molecule has 0 heterocycles. The number of carbonyl (C=O) groups is 3. The van der Waals surface area contributed by atoms with Gasteiger partial charge in [-0.3, -0.25) is 0 Å². The quantitative estimate of drug-likeness (QED) is 0.0503. The molecule has 0 bridgehead atoms. The van der Waals surface area contributed by atoms with Crippen LogP contribution in [0.1, 0.15) is 67.3 Å². The summed E-state index contributed by atoms with van der Waals surface area (Å²) in [5.41, 5.74) is 1.08. The molecule has 0 amide bonds. The van der Waals surface area contributed by atoms with E-state index in [2.05, 4.69) is 13.2 Å². The predicted octanol–water partition coefficient (Wildman–Crippen LogP) is 6.47. The molecule has 3 aromatic rings. The monoisotopic (exact) mass is 703 g/mol. The number of ether oxygens (including phenoxy) is 5. The second-order valence-electron chi connectivity index (χ2n) is 10.7. The van der Waals surface area contributed by atoms with E-state index in [4.69, 9.17) is 23.7 Å². The summed E-state index contributed by atoms with van der Waals surface area (Å²) >= 11 is -1.82. The Balaban J connectivity index is 1.38. The average Bonchev–Trinajstić information content (AvgIpc) is 3.11. The van der Waals surface area contributed by atoms with Gasteiger partial charge in [-0.25, -0.2) is 9.59 Å². The van der Waals surface area contributed by atoms with Crippen molar-refractivity contribution < 1.29 is 55.5 Å². The Hall–Kier alpha value is -4.54. The molecule has 3 aromatic carbocycles. The Morgan fingerprint density at radius 1 is 0.625 bits per heavy atom. The van der Waals surface area contributed by atoms with Gasteiger partial charge in [-0.2, -0.15) is 0 Å². The molecule has 0 aliphatic rings. The van der Waals surface area contributed by atoms with Crippen molar-refractivity contribution in [3.8, 4) is 17.2 Å². The summed E-state index contributed by atoms with van der Waals surface area (Å²) in [4.78, 5) is 34.8. The maximum absolute atomic E-state index is 13.3. The van der Waals surface area contributed by atoms with E-state index in [-0.39, 0.29) is 0 Å². The van der Waals surface area contributed by atoms with E-state index in [1.807, 2.05) is 19.1 Å². The number of benzene rings is 3. The third-order valence-electron chi connectivity index (χ3n) is 7.00. The van der Waals surface area contributed by atoms with Gasteiger partial charge in [0.25, 0.3) is 0 Å². The minimum absolute atomic E-state index is 0.389. The molecular weight excluding hydrogens is 659 g/mol. The standard InChI is InChI=1S/C23H25O5.C15H19O3.Co.O/c1-3-22(24)27-17-9-5-4-8-16-26-20-14-12-19(13-15-20)23(25)28-21-11-7-6-10-18(21)2;1-2-15(16)18-13-9-4-3-8-12-17-14-10-6-5-7-11-14;;/h3,7,10-15H,1,4-5,8-9,16-17H2,2H3;2,6-7,10-11H,1,3-4,8-9,12-13H2;;. The Labute approximate surface area is 286 Å². The van der Waals surface area contributed by atoms with Crippen LogP contribution in [0.4, 0.5) is 0 Å². The van der Waals surface area contributed by atoms with Gasteiger partial charge in [0.05, 0.1) is 6.61 Å². The Morgan fingerprint density at radius 3 is 1.56 bits per heavy atom. The summed E-state index contributed by atoms with van der Waals surface area (Å²) in [6, 6.07) is 19.1. The van der Waals surface area contributed by atoms with Crippen molar-refractivity contribution in [3.05, 3.63) is 103 Å². The number of rotatable bonds is 22. The van der Waals surface area contributed by atoms with Crippen molar-refractivity contribution in [2.24, 2.45) is 0 Å². The van der Waals surface area contributed by atoms with Gasteiger partial charge in [0.2, 0.25) is 0 Å². The van der Waals surface area contributed by atoms with E-state index >= 15 is 0 Å². The first-order valence-corrected chi connectivity index (χ1v) is 17.5. The van der Waals surface area contributed by atoms with Gasteiger partial charge in [0, 0.05) is 12.2 Å². The van der Waals surface area contributed by atoms with E-state index < -0.39 is 31.5 Å². The van der Waals surface area contributed by atoms with Crippen LogP contribution in [0.5, 0.6) is 17.2 Å². The summed E-state index contributed by atoms with van der Waals surface area (Å²) in [5.74, 6) is 0.465. The number of hydrogen-bond donors (Lipinski definition) is 0. The second kappa shape index (κ2) is 21.4. The van der Waals surface area contributed by atoms with Gasteiger partial charge in [-0.1, -0.05) is 13.2 Å². The SMILES string of the molecule is C=CC(=O)OCCCCCCOc1ccc(C(=O)Oc2cc[c]([Co](=[O])[c]3ccc(OCCCCCCOC(=O)C=C)cc3)cc2C)cc1. The Kier molecular flexibility index (Phi) is 16.9. The van der Waals surface area contributed by atoms with E-state index in [9.17, 15) is 18.2 Å². The summed E-state index contributed by atoms with van der Waals surface area (Å²) in [5, 5.41) is 0. The number of carbonyl (C=O) groups excluding carboxylic acids is 3. The Bertz CT molecular complexity index is 1510. The van der Waals surface area contributed by atoms with Crippen LogP contribution in [0.15, 0.2) is 92.0 Å². The van der Waals surface area contributed by atoms with Gasteiger partial charge < -0.3 is 4.74 Å². The predicted molar refractivity (Wildman–Crippen MR) is 179 cm³/mol. The summed E-state index contributed by atoms with van der Waals surface area (Å²) in [7, 11) is 0. The molecule has 0 aliphatic heterocycles. The zero-order valence-electron chi connectivity index (χ0n) is 27.4. The number of aryl methyl sites for hydroxylation is 1. The van der Waals surface area contributed by atoms with Crippen LogP contribution >= 0.6 is 0 Å². The number of hydrogen-bond acceptors (Lipinski definition) is 9. The van der Waals surface area contributed by atoms with Crippen molar-refractivity contribution in [1.82, 2.24) is 0 Å². The molecule has 10 heteroatoms. The van der Waals surface area contributed by atoms with E-state index in [1.54, 1.807) is 54.6 Å². The molecule has 3 rings (SSSR count). The summed E-state index contributed by atoms with van der Waals surface area (Å²) in [6.07, 6.45) is 9.44. The molecule has 0 saturated carbocycles. The first-order valence-electron chi connectivity index (χ1n) is 16.0. The van der Waals surface area contributed by atoms with E-state index in [0.717, 1.165) is 63.5 Å². The molecule has 0 radical (unpaired) electrons. The van der Waals surface area contributed by atoms with Crippen LogP contribution in [-0.2, 0) is 36.5 Å². The fraction of sp³-hybridized carbons (Fsp3) is 0.342. The zero-order valence-corrected chi connectivity index (χ0v) is 28.5. The van der Waals surface area contributed by atoms with Crippen LogP contribution in [0.3, 0.4) is 0 Å². The third kappa shape index (κ3) is 13.7. The molecule has 9 nitrogen and oxygen atoms in total. The van der Waals surface area contributed by atoms with Crippen LogP contribution in [0.2, 0.25) is 0 Å². The second-order valence-corrected chi connectivity index (χ2v) is 12.6. The van der Waals surface area contributed by atoms with Crippen molar-refractivity contribution in [3.63, 3.8) is 0 Å². The molecule has 0 aromatic heterocycles. The minimum atomic E-state index is -1.82. The molecule has 259 valence electrons. The first kappa shape index (κ1) is 37.9. The average molecular weight is 704 g/mol. The van der Waals surface area contributed by atoms with Crippen molar-refractivity contribution in [1.29, 1.82) is 0 Å². The first-order chi connectivity index (χ1) is 23.3. The molecule has 0 spiro atoms. The van der Waals surface area contributed by atoms with E-state index in [0.29, 0.717) is 63.8 Å². The summed E-state index contributed by atoms with van der Waals surface area (Å²) in [6.45, 7) is 10.4. The van der Waals surface area contributed by atoms with Gasteiger partial charge in [0.1, 0.15) is 0 Å². The van der Waals surface area contributed by atoms with Gasteiger partial charge in [0.15, 0.2) is 0 Å². The van der Waals surface area contributed by atoms with Crippen molar-refractivity contribution in [2.75, 3.05) is 26.4 Å². The van der Waals surface area contributed by atoms with Crippen LogP contribution < -0.4 is 23.2 Å². The third-order valence-corrected chi connectivity index (χ3v) is 8.76. The molecule has 0 N–H and O–H groups in total. The molecular formula is C38H44CoO9. The molecule has 0 atom stereocenters. The molecule has 0 unspecified atom stereocenters. The molecule has 48 heavy (non-hydrogen) atoms. The zero-order chi connectivity index (χ0) is 34.6. The fourth-order valence-electron chi connectivity index (χ4n) is 4.35. The fourth-order valence-corrected chi connectivity index (χ4v) is 5.79. The maximum atomic E-state index is 13.3. The number of unbranched alkanes of at least 4 members (excludes halogenated alkanes) is 6. The van der Waals surface area contributed by atoms with Crippen molar-refractivity contribution in [2.45, 2.75) is 58.3 Å². The van der Waals surface area contributed by atoms with Crippen LogP contribution in [0.25, 0.3) is 0 Å². The van der Waals surface area contributed by atoms with Gasteiger partial charge >= 0.3 is 216 Å². The topological polar surface area (TPSA) is 114 Å². The molecule has 0 saturated heterocycles. The van der Waals surface area contributed by atoms with E-state index in [1.165, 1.54) is 0 Å². The molecule has 0 aliphatic carbocycles. The Morgan fingerprint density at radius 2 is 1.08 bits per heavy atom. The van der Waals surface area contributed by atoms with Crippen molar-refractivity contribution >= 4 is 26.9 Å². The normalized spacial score (nSPS) is 10.8. The van der Waals surface area contributed by atoms with Crippen LogP contribution in [-0.4, -0.2) is 44.3 Å². The summed E-state index contributed by atoms with van der Waals surface area (Å²) < 4.78 is 41.7. The van der Waals surface area contributed by atoms with Crippen LogP contribution in [0, 0.1) is 6.92 Å².